The maximum atomic E-state index is 12.4. The third-order valence-electron chi connectivity index (χ3n) is 4.16. The molecular weight excluding hydrogens is 282 g/mol. The molecule has 0 saturated carbocycles. The Kier molecular flexibility index (Phi) is 3.71. The number of likely N-dealkylation sites (tertiary alicyclic amines) is 1. The summed E-state index contributed by atoms with van der Waals surface area (Å²) in [4.78, 5) is 25.0. The zero-order valence-corrected chi connectivity index (χ0v) is 12.3. The summed E-state index contributed by atoms with van der Waals surface area (Å²) in [5, 5.41) is 8.88. The second-order valence-corrected chi connectivity index (χ2v) is 5.60. The smallest absolute Gasteiger partial charge is 0.338 e. The number of carboxylic acids is 1. The van der Waals surface area contributed by atoms with Crippen molar-refractivity contribution in [3.8, 4) is 0 Å². The van der Waals surface area contributed by atoms with Gasteiger partial charge in [-0.25, -0.2) is 4.79 Å². The van der Waals surface area contributed by atoms with Gasteiger partial charge in [-0.3, -0.25) is 4.79 Å². The highest BCUT2D eigenvalue weighted by Crippen LogP contribution is 2.30. The lowest BCUT2D eigenvalue weighted by molar-refractivity contribution is 0.0695. The molecule has 0 aliphatic carbocycles. The molecule has 1 N–H and O–H groups in total. The van der Waals surface area contributed by atoms with E-state index in [2.05, 4.69) is 19.1 Å². The van der Waals surface area contributed by atoms with E-state index < -0.39 is 5.97 Å². The van der Waals surface area contributed by atoms with Crippen molar-refractivity contribution in [2.24, 2.45) is 0 Å². The topological polar surface area (TPSA) is 70.8 Å². The van der Waals surface area contributed by atoms with Crippen molar-refractivity contribution in [1.29, 1.82) is 0 Å². The molecule has 1 fully saturated rings. The van der Waals surface area contributed by atoms with Crippen LogP contribution < -0.4 is 0 Å². The lowest BCUT2D eigenvalue weighted by Crippen LogP contribution is -2.28. The molecule has 5 nitrogen and oxygen atoms in total. The van der Waals surface area contributed by atoms with Gasteiger partial charge in [0.05, 0.1) is 5.56 Å². The molecule has 1 aliphatic heterocycles. The number of hydrogen-bond donors (Lipinski definition) is 1. The third-order valence-corrected chi connectivity index (χ3v) is 4.16. The first-order chi connectivity index (χ1) is 10.6. The highest BCUT2D eigenvalue weighted by molar-refractivity contribution is 5.95. The molecule has 0 bridgehead atoms. The van der Waals surface area contributed by atoms with E-state index in [-0.39, 0.29) is 17.2 Å². The number of amides is 1. The van der Waals surface area contributed by atoms with Crippen molar-refractivity contribution < 1.29 is 19.1 Å². The molecule has 3 rings (SSSR count). The number of nitrogens with zero attached hydrogens (tertiary/aromatic N) is 1. The number of furan rings is 1. The summed E-state index contributed by atoms with van der Waals surface area (Å²) in [6, 6.07) is 9.48. The molecule has 2 heterocycles. The molecule has 0 radical (unpaired) electrons. The average molecular weight is 299 g/mol. The molecule has 5 heteroatoms. The van der Waals surface area contributed by atoms with Crippen LogP contribution in [0.1, 0.15) is 44.4 Å². The SMILES string of the molecule is Cc1ccccc1C1CCN(C(=O)c2cc(C(=O)O)co2)C1. The molecule has 2 aromatic rings. The first-order valence-corrected chi connectivity index (χ1v) is 7.23. The standard InChI is InChI=1S/C17H17NO4/c1-11-4-2-3-5-14(11)12-6-7-18(9-12)16(19)15-8-13(10-22-15)17(20)21/h2-5,8,10,12H,6-7,9H2,1H3,(H,20,21). The van der Waals surface area contributed by atoms with Gasteiger partial charge in [0.1, 0.15) is 6.26 Å². The van der Waals surface area contributed by atoms with Crippen LogP contribution in [0.4, 0.5) is 0 Å². The zero-order chi connectivity index (χ0) is 15.7. The predicted molar refractivity (Wildman–Crippen MR) is 80.1 cm³/mol. The van der Waals surface area contributed by atoms with Gasteiger partial charge in [-0.05, 0) is 24.5 Å². The van der Waals surface area contributed by atoms with Crippen LogP contribution in [-0.4, -0.2) is 35.0 Å². The zero-order valence-electron chi connectivity index (χ0n) is 12.3. The Labute approximate surface area is 128 Å². The van der Waals surface area contributed by atoms with E-state index in [1.54, 1.807) is 4.90 Å². The van der Waals surface area contributed by atoms with Gasteiger partial charge in [0, 0.05) is 25.1 Å². The number of carboxylic acid groups (broad SMARTS) is 1. The van der Waals surface area contributed by atoms with E-state index in [1.165, 1.54) is 17.2 Å². The van der Waals surface area contributed by atoms with Crippen molar-refractivity contribution in [2.75, 3.05) is 13.1 Å². The van der Waals surface area contributed by atoms with Gasteiger partial charge in [-0.1, -0.05) is 24.3 Å². The van der Waals surface area contributed by atoms with Gasteiger partial charge in [0.25, 0.3) is 5.91 Å². The minimum atomic E-state index is -1.10. The van der Waals surface area contributed by atoms with E-state index >= 15 is 0 Å². The fraction of sp³-hybridized carbons (Fsp3) is 0.294. The maximum Gasteiger partial charge on any atom is 0.338 e. The molecule has 0 spiro atoms. The van der Waals surface area contributed by atoms with Gasteiger partial charge >= 0.3 is 5.97 Å². The van der Waals surface area contributed by atoms with Crippen molar-refractivity contribution >= 4 is 11.9 Å². The molecule has 1 atom stereocenters. The van der Waals surface area contributed by atoms with E-state index in [0.29, 0.717) is 19.0 Å². The number of carbonyl (C=O) groups excluding carboxylic acids is 1. The van der Waals surface area contributed by atoms with E-state index in [9.17, 15) is 9.59 Å². The minimum absolute atomic E-state index is 0.00185. The Bertz CT molecular complexity index is 719. The van der Waals surface area contributed by atoms with E-state index in [1.807, 2.05) is 12.1 Å². The van der Waals surface area contributed by atoms with Gasteiger partial charge < -0.3 is 14.4 Å². The second kappa shape index (κ2) is 5.67. The minimum Gasteiger partial charge on any atom is -0.478 e. The van der Waals surface area contributed by atoms with Crippen molar-refractivity contribution in [3.05, 3.63) is 59.0 Å². The van der Waals surface area contributed by atoms with Crippen LogP contribution >= 0.6 is 0 Å². The van der Waals surface area contributed by atoms with Crippen molar-refractivity contribution in [3.63, 3.8) is 0 Å². The van der Waals surface area contributed by atoms with Crippen LogP contribution in [0.3, 0.4) is 0 Å². The predicted octanol–water partition coefficient (Wildman–Crippen LogP) is 2.92. The fourth-order valence-corrected chi connectivity index (χ4v) is 2.96. The number of aromatic carboxylic acids is 1. The summed E-state index contributed by atoms with van der Waals surface area (Å²) >= 11 is 0. The van der Waals surface area contributed by atoms with Gasteiger partial charge in [0.15, 0.2) is 5.76 Å². The largest absolute Gasteiger partial charge is 0.478 e. The Morgan fingerprint density at radius 1 is 1.32 bits per heavy atom. The average Bonchev–Trinajstić information content (AvgIpc) is 3.17. The van der Waals surface area contributed by atoms with Crippen LogP contribution in [-0.2, 0) is 0 Å². The summed E-state index contributed by atoms with van der Waals surface area (Å²) < 4.78 is 5.09. The van der Waals surface area contributed by atoms with Crippen LogP contribution in [0.25, 0.3) is 0 Å². The summed E-state index contributed by atoms with van der Waals surface area (Å²) in [6.07, 6.45) is 2.01. The van der Waals surface area contributed by atoms with Gasteiger partial charge in [-0.2, -0.15) is 0 Å². The number of rotatable bonds is 3. The second-order valence-electron chi connectivity index (χ2n) is 5.60. The molecular formula is C17H17NO4. The quantitative estimate of drug-likeness (QED) is 0.946. The number of benzene rings is 1. The molecule has 1 aliphatic rings. The summed E-state index contributed by atoms with van der Waals surface area (Å²) in [5.74, 6) is -0.938. The molecule has 1 aromatic carbocycles. The number of hydrogen-bond acceptors (Lipinski definition) is 3. The van der Waals surface area contributed by atoms with E-state index in [4.69, 9.17) is 9.52 Å². The summed E-state index contributed by atoms with van der Waals surface area (Å²) in [6.45, 7) is 3.36. The van der Waals surface area contributed by atoms with Gasteiger partial charge in [0.2, 0.25) is 0 Å². The van der Waals surface area contributed by atoms with Crippen molar-refractivity contribution in [1.82, 2.24) is 4.90 Å². The first kappa shape index (κ1) is 14.4. The van der Waals surface area contributed by atoms with Crippen LogP contribution in [0.2, 0.25) is 0 Å². The van der Waals surface area contributed by atoms with Crippen LogP contribution in [0.5, 0.6) is 0 Å². The molecule has 1 amide bonds. The first-order valence-electron chi connectivity index (χ1n) is 7.23. The summed E-state index contributed by atoms with van der Waals surface area (Å²) in [7, 11) is 0. The maximum absolute atomic E-state index is 12.4. The highest BCUT2D eigenvalue weighted by atomic mass is 16.4. The number of carbonyl (C=O) groups is 2. The molecule has 1 unspecified atom stereocenters. The molecule has 1 aromatic heterocycles. The lowest BCUT2D eigenvalue weighted by atomic mass is 9.94. The normalized spacial score (nSPS) is 17.7. The number of aryl methyl sites for hydroxylation is 1. The monoisotopic (exact) mass is 299 g/mol. The fourth-order valence-electron chi connectivity index (χ4n) is 2.96. The van der Waals surface area contributed by atoms with Crippen LogP contribution in [0, 0.1) is 6.92 Å². The molecule has 114 valence electrons. The Hall–Kier alpha value is -2.56. The Morgan fingerprint density at radius 2 is 2.09 bits per heavy atom. The highest BCUT2D eigenvalue weighted by Gasteiger charge is 2.30. The third kappa shape index (κ3) is 2.62. The lowest BCUT2D eigenvalue weighted by Gasteiger charge is -2.16. The van der Waals surface area contributed by atoms with Crippen LogP contribution in [0.15, 0.2) is 41.0 Å². The van der Waals surface area contributed by atoms with Crippen molar-refractivity contribution in [2.45, 2.75) is 19.3 Å². The Balaban J connectivity index is 1.73. The molecule has 22 heavy (non-hydrogen) atoms. The van der Waals surface area contributed by atoms with E-state index in [0.717, 1.165) is 12.7 Å². The Morgan fingerprint density at radius 3 is 2.77 bits per heavy atom. The summed E-state index contributed by atoms with van der Waals surface area (Å²) in [5.41, 5.74) is 2.49. The molecule has 1 saturated heterocycles. The van der Waals surface area contributed by atoms with Gasteiger partial charge in [-0.15, -0.1) is 0 Å².